The molecule has 0 aliphatic carbocycles. The van der Waals surface area contributed by atoms with Gasteiger partial charge in [0.2, 0.25) is 5.91 Å². The van der Waals surface area contributed by atoms with E-state index in [4.69, 9.17) is 17.3 Å². The average Bonchev–Trinajstić information content (AvgIpc) is 2.47. The Morgan fingerprint density at radius 1 is 1.44 bits per heavy atom. The number of anilines is 1. The minimum Gasteiger partial charge on any atom is -0.319 e. The van der Waals surface area contributed by atoms with E-state index in [0.717, 1.165) is 4.90 Å². The molecule has 1 atom stereocenters. The van der Waals surface area contributed by atoms with Crippen LogP contribution in [0.15, 0.2) is 18.2 Å². The van der Waals surface area contributed by atoms with Gasteiger partial charge in [0.1, 0.15) is 0 Å². The van der Waals surface area contributed by atoms with Gasteiger partial charge in [0.05, 0.1) is 18.2 Å². The highest BCUT2D eigenvalue weighted by atomic mass is 35.5. The summed E-state index contributed by atoms with van der Waals surface area (Å²) in [5.74, 6) is -0.641. The molecule has 84 valence electrons. The Kier molecular flexibility index (Phi) is 2.69. The van der Waals surface area contributed by atoms with Gasteiger partial charge in [-0.25, -0.2) is 4.90 Å². The van der Waals surface area contributed by atoms with Gasteiger partial charge in [-0.05, 0) is 24.6 Å². The van der Waals surface area contributed by atoms with Crippen LogP contribution in [0.4, 0.5) is 5.69 Å². The maximum atomic E-state index is 11.7. The molecule has 2 amide bonds. The molecule has 0 aromatic heterocycles. The zero-order chi connectivity index (χ0) is 11.9. The number of rotatable bonds is 1. The third kappa shape index (κ3) is 1.60. The molecule has 1 unspecified atom stereocenters. The highest BCUT2D eigenvalue weighted by Gasteiger charge is 2.37. The predicted molar refractivity (Wildman–Crippen MR) is 61.3 cm³/mol. The molecular formula is C11H11ClN2O2. The van der Waals surface area contributed by atoms with Gasteiger partial charge in [-0.3, -0.25) is 9.59 Å². The average molecular weight is 239 g/mol. The van der Waals surface area contributed by atoms with Crippen LogP contribution >= 0.6 is 11.6 Å². The smallest absolute Gasteiger partial charge is 0.251 e. The van der Waals surface area contributed by atoms with Crippen LogP contribution in [0.1, 0.15) is 12.0 Å². The number of nitrogens with two attached hydrogens (primary N) is 1. The van der Waals surface area contributed by atoms with Crippen LogP contribution in [-0.4, -0.2) is 17.9 Å². The van der Waals surface area contributed by atoms with Crippen molar-refractivity contribution in [3.63, 3.8) is 0 Å². The standard InChI is InChI=1S/C11H11ClN2O2/c1-6-7(12)3-2-4-9(6)14-10(15)5-8(13)11(14)16/h2-4,8H,5,13H2,1H3. The van der Waals surface area contributed by atoms with E-state index in [-0.39, 0.29) is 18.2 Å². The number of benzene rings is 1. The first kappa shape index (κ1) is 11.1. The highest BCUT2D eigenvalue weighted by Crippen LogP contribution is 2.29. The first-order valence-electron chi connectivity index (χ1n) is 4.90. The van der Waals surface area contributed by atoms with Crippen LogP contribution in [0.3, 0.4) is 0 Å². The number of hydrogen-bond donors (Lipinski definition) is 1. The maximum absolute atomic E-state index is 11.7. The molecule has 16 heavy (non-hydrogen) atoms. The lowest BCUT2D eigenvalue weighted by atomic mass is 10.2. The monoisotopic (exact) mass is 238 g/mol. The van der Waals surface area contributed by atoms with Gasteiger partial charge in [0, 0.05) is 5.02 Å². The van der Waals surface area contributed by atoms with Gasteiger partial charge in [-0.1, -0.05) is 17.7 Å². The molecule has 2 rings (SSSR count). The molecule has 1 fully saturated rings. The van der Waals surface area contributed by atoms with Crippen molar-refractivity contribution >= 4 is 29.1 Å². The van der Waals surface area contributed by atoms with E-state index in [0.29, 0.717) is 16.3 Å². The van der Waals surface area contributed by atoms with Crippen molar-refractivity contribution in [2.75, 3.05) is 4.90 Å². The Morgan fingerprint density at radius 2 is 2.12 bits per heavy atom. The lowest BCUT2D eigenvalue weighted by Gasteiger charge is -2.17. The zero-order valence-corrected chi connectivity index (χ0v) is 9.49. The van der Waals surface area contributed by atoms with E-state index in [1.807, 2.05) is 0 Å². The maximum Gasteiger partial charge on any atom is 0.251 e. The minimum atomic E-state index is -0.731. The van der Waals surface area contributed by atoms with Gasteiger partial charge in [-0.15, -0.1) is 0 Å². The van der Waals surface area contributed by atoms with Crippen molar-refractivity contribution in [2.24, 2.45) is 5.73 Å². The van der Waals surface area contributed by atoms with Gasteiger partial charge >= 0.3 is 0 Å². The number of carbonyl (C=O) groups is 2. The molecule has 1 aliphatic rings. The number of hydrogen-bond acceptors (Lipinski definition) is 3. The Bertz CT molecular complexity index is 473. The van der Waals surface area contributed by atoms with Crippen LogP contribution < -0.4 is 10.6 Å². The third-order valence-corrected chi connectivity index (χ3v) is 3.07. The summed E-state index contributed by atoms with van der Waals surface area (Å²) in [5, 5.41) is 0.526. The molecule has 1 aliphatic heterocycles. The lowest BCUT2D eigenvalue weighted by molar-refractivity contribution is -0.121. The molecular weight excluding hydrogens is 228 g/mol. The molecule has 1 aromatic rings. The summed E-state index contributed by atoms with van der Waals surface area (Å²) in [5.41, 5.74) is 6.77. The fourth-order valence-corrected chi connectivity index (χ4v) is 1.92. The van der Waals surface area contributed by atoms with Gasteiger partial charge in [0.15, 0.2) is 0 Å². The van der Waals surface area contributed by atoms with E-state index in [1.165, 1.54) is 0 Å². The number of nitrogens with zero attached hydrogens (tertiary/aromatic N) is 1. The second-order valence-corrected chi connectivity index (χ2v) is 4.17. The number of carbonyl (C=O) groups excluding carboxylic acids is 2. The minimum absolute atomic E-state index is 0.0603. The van der Waals surface area contributed by atoms with Gasteiger partial charge in [-0.2, -0.15) is 0 Å². The fourth-order valence-electron chi connectivity index (χ4n) is 1.75. The molecule has 2 N–H and O–H groups in total. The summed E-state index contributed by atoms with van der Waals surface area (Å²) in [6.07, 6.45) is 0.0603. The van der Waals surface area contributed by atoms with Crippen molar-refractivity contribution in [3.05, 3.63) is 28.8 Å². The molecule has 1 aromatic carbocycles. The molecule has 5 heteroatoms. The quantitative estimate of drug-likeness (QED) is 0.749. The van der Waals surface area contributed by atoms with Crippen LogP contribution in [0.5, 0.6) is 0 Å². The third-order valence-electron chi connectivity index (χ3n) is 2.66. The van der Waals surface area contributed by atoms with E-state index in [1.54, 1.807) is 25.1 Å². The Hall–Kier alpha value is -1.39. The molecule has 0 saturated carbocycles. The molecule has 0 bridgehead atoms. The van der Waals surface area contributed by atoms with E-state index in [9.17, 15) is 9.59 Å². The first-order valence-corrected chi connectivity index (χ1v) is 5.27. The van der Waals surface area contributed by atoms with Gasteiger partial charge in [0.25, 0.3) is 5.91 Å². The van der Waals surface area contributed by atoms with Crippen molar-refractivity contribution < 1.29 is 9.59 Å². The van der Waals surface area contributed by atoms with Crippen molar-refractivity contribution in [1.82, 2.24) is 0 Å². The Balaban J connectivity index is 2.49. The van der Waals surface area contributed by atoms with Crippen LogP contribution in [0.2, 0.25) is 5.02 Å². The normalized spacial score (nSPS) is 20.7. The van der Waals surface area contributed by atoms with Crippen molar-refractivity contribution in [3.8, 4) is 0 Å². The molecule has 1 saturated heterocycles. The first-order chi connectivity index (χ1) is 7.52. The molecule has 1 heterocycles. The topological polar surface area (TPSA) is 63.4 Å². The van der Waals surface area contributed by atoms with Crippen LogP contribution in [0, 0.1) is 6.92 Å². The van der Waals surface area contributed by atoms with Gasteiger partial charge < -0.3 is 5.73 Å². The molecule has 0 radical (unpaired) electrons. The van der Waals surface area contributed by atoms with E-state index < -0.39 is 6.04 Å². The van der Waals surface area contributed by atoms with Crippen molar-refractivity contribution in [1.29, 1.82) is 0 Å². The Morgan fingerprint density at radius 3 is 2.69 bits per heavy atom. The summed E-state index contributed by atoms with van der Waals surface area (Å²) < 4.78 is 0. The number of imide groups is 1. The predicted octanol–water partition coefficient (Wildman–Crippen LogP) is 1.24. The fraction of sp³-hybridized carbons (Fsp3) is 0.273. The van der Waals surface area contributed by atoms with Crippen LogP contribution in [0.25, 0.3) is 0 Å². The highest BCUT2D eigenvalue weighted by molar-refractivity contribution is 6.32. The Labute approximate surface area is 98.0 Å². The SMILES string of the molecule is Cc1c(Cl)cccc1N1C(=O)CC(N)C1=O. The summed E-state index contributed by atoms with van der Waals surface area (Å²) in [4.78, 5) is 24.5. The molecule has 4 nitrogen and oxygen atoms in total. The largest absolute Gasteiger partial charge is 0.319 e. The summed E-state index contributed by atoms with van der Waals surface area (Å²) in [7, 11) is 0. The summed E-state index contributed by atoms with van der Waals surface area (Å²) in [6, 6.07) is 4.38. The summed E-state index contributed by atoms with van der Waals surface area (Å²) in [6.45, 7) is 1.77. The van der Waals surface area contributed by atoms with Crippen LogP contribution in [-0.2, 0) is 9.59 Å². The van der Waals surface area contributed by atoms with Crippen molar-refractivity contribution in [2.45, 2.75) is 19.4 Å². The second-order valence-electron chi connectivity index (χ2n) is 3.76. The van der Waals surface area contributed by atoms with E-state index >= 15 is 0 Å². The van der Waals surface area contributed by atoms with E-state index in [2.05, 4.69) is 0 Å². The lowest BCUT2D eigenvalue weighted by Crippen LogP contribution is -2.35. The second kappa shape index (κ2) is 3.88. The summed E-state index contributed by atoms with van der Waals surface area (Å²) >= 11 is 5.94. The molecule has 0 spiro atoms. The zero-order valence-electron chi connectivity index (χ0n) is 8.74. The number of halogens is 1. The number of amides is 2.